The Kier molecular flexibility index (Phi) is 6.22. The molecular formula is C23H28N4O3. The van der Waals surface area contributed by atoms with Gasteiger partial charge in [0.25, 0.3) is 5.56 Å². The number of ether oxygens (including phenoxy) is 1. The molecule has 158 valence electrons. The molecule has 1 amide bonds. The molecule has 0 spiro atoms. The largest absolute Gasteiger partial charge is 0.444 e. The van der Waals surface area contributed by atoms with Gasteiger partial charge in [-0.05, 0) is 51.0 Å². The number of nitrogens with two attached hydrogens (primary N) is 1. The lowest BCUT2D eigenvalue weighted by Gasteiger charge is -2.25. The van der Waals surface area contributed by atoms with E-state index in [0.29, 0.717) is 28.8 Å². The number of nitrogens with one attached hydrogen (secondary N) is 1. The van der Waals surface area contributed by atoms with Gasteiger partial charge in [-0.1, -0.05) is 37.3 Å². The van der Waals surface area contributed by atoms with Crippen molar-refractivity contribution in [3.8, 4) is 5.69 Å². The number of hydrogen-bond acceptors (Lipinski definition) is 5. The maximum absolute atomic E-state index is 13.6. The second kappa shape index (κ2) is 8.67. The third-order valence-corrected chi connectivity index (χ3v) is 4.66. The predicted octanol–water partition coefficient (Wildman–Crippen LogP) is 3.82. The molecule has 1 heterocycles. The minimum Gasteiger partial charge on any atom is -0.444 e. The fourth-order valence-corrected chi connectivity index (χ4v) is 3.35. The van der Waals surface area contributed by atoms with Crippen molar-refractivity contribution in [3.05, 3.63) is 70.3 Å². The van der Waals surface area contributed by atoms with Gasteiger partial charge in [0, 0.05) is 6.54 Å². The van der Waals surface area contributed by atoms with Gasteiger partial charge in [-0.2, -0.15) is 0 Å². The fraction of sp³-hybridized carbons (Fsp3) is 0.348. The first-order valence-corrected chi connectivity index (χ1v) is 10.0. The minimum absolute atomic E-state index is 0.216. The molecule has 3 N–H and O–H groups in total. The molecular weight excluding hydrogens is 380 g/mol. The van der Waals surface area contributed by atoms with E-state index in [1.165, 1.54) is 0 Å². The number of nitrogens with zero attached hydrogens (tertiary/aromatic N) is 2. The van der Waals surface area contributed by atoms with E-state index in [2.05, 4.69) is 5.32 Å². The molecule has 7 heteroatoms. The van der Waals surface area contributed by atoms with Crippen molar-refractivity contribution >= 4 is 17.0 Å². The summed E-state index contributed by atoms with van der Waals surface area (Å²) in [6.07, 6.45) is -0.0281. The summed E-state index contributed by atoms with van der Waals surface area (Å²) < 4.78 is 6.96. The first-order chi connectivity index (χ1) is 14.2. The highest BCUT2D eigenvalue weighted by Crippen LogP contribution is 2.22. The monoisotopic (exact) mass is 408 g/mol. The van der Waals surface area contributed by atoms with Crippen LogP contribution in [0.1, 0.15) is 51.5 Å². The Bertz CT molecular complexity index is 1100. The summed E-state index contributed by atoms with van der Waals surface area (Å²) in [6, 6.07) is 14.2. The molecule has 0 radical (unpaired) electrons. The van der Waals surface area contributed by atoms with E-state index in [1.54, 1.807) is 31.4 Å². The van der Waals surface area contributed by atoms with E-state index in [0.717, 1.165) is 5.56 Å². The predicted molar refractivity (Wildman–Crippen MR) is 118 cm³/mol. The topological polar surface area (TPSA) is 99.2 Å². The zero-order valence-electron chi connectivity index (χ0n) is 17.8. The molecule has 3 rings (SSSR count). The van der Waals surface area contributed by atoms with Gasteiger partial charge in [0.2, 0.25) is 0 Å². The van der Waals surface area contributed by atoms with Gasteiger partial charge in [0.05, 0.1) is 22.6 Å². The molecule has 30 heavy (non-hydrogen) atoms. The number of benzene rings is 2. The van der Waals surface area contributed by atoms with Crippen molar-refractivity contribution in [1.82, 2.24) is 14.9 Å². The molecule has 0 aliphatic carbocycles. The van der Waals surface area contributed by atoms with Crippen LogP contribution in [0, 0.1) is 0 Å². The third-order valence-electron chi connectivity index (χ3n) is 4.66. The molecule has 0 saturated heterocycles. The molecule has 2 aromatic carbocycles. The van der Waals surface area contributed by atoms with Gasteiger partial charge in [-0.3, -0.25) is 9.36 Å². The number of hydrogen-bond donors (Lipinski definition) is 2. The Hall–Kier alpha value is -3.19. The molecule has 3 aromatic rings. The van der Waals surface area contributed by atoms with E-state index >= 15 is 0 Å². The van der Waals surface area contributed by atoms with Crippen LogP contribution in [-0.4, -0.2) is 21.2 Å². The van der Waals surface area contributed by atoms with Crippen LogP contribution in [0.5, 0.6) is 0 Å². The summed E-state index contributed by atoms with van der Waals surface area (Å²) in [6.45, 7) is 7.56. The highest BCUT2D eigenvalue weighted by atomic mass is 16.6. The van der Waals surface area contributed by atoms with Crippen LogP contribution in [0.3, 0.4) is 0 Å². The van der Waals surface area contributed by atoms with Crippen LogP contribution in [0.4, 0.5) is 4.79 Å². The number of para-hydroxylation sites is 1. The third kappa shape index (κ3) is 4.52. The van der Waals surface area contributed by atoms with Gasteiger partial charge in [0.15, 0.2) is 0 Å². The number of carbonyl (C=O) groups is 1. The normalized spacial score (nSPS) is 12.6. The van der Waals surface area contributed by atoms with Gasteiger partial charge < -0.3 is 15.8 Å². The number of fused-ring (bicyclic) bond motifs is 1. The average Bonchev–Trinajstić information content (AvgIpc) is 2.70. The van der Waals surface area contributed by atoms with Crippen LogP contribution < -0.4 is 16.6 Å². The summed E-state index contributed by atoms with van der Waals surface area (Å²) >= 11 is 0. The summed E-state index contributed by atoms with van der Waals surface area (Å²) in [4.78, 5) is 30.8. The van der Waals surface area contributed by atoms with Gasteiger partial charge in [0.1, 0.15) is 11.4 Å². The standard InChI is InChI=1S/C23H28N4O3/c1-5-17(26-22(29)30-23(2,3)4)20-25-18-13-9-10-15(14-24)19(18)21(28)27(20)16-11-7-6-8-12-16/h6-13,17H,5,14,24H2,1-4H3,(H,26,29)/t17-/m0/s1. The van der Waals surface area contributed by atoms with Crippen molar-refractivity contribution in [3.63, 3.8) is 0 Å². The number of alkyl carbamates (subject to hydrolysis) is 1. The average molecular weight is 409 g/mol. The molecule has 0 fully saturated rings. The van der Waals surface area contributed by atoms with Crippen LogP contribution >= 0.6 is 0 Å². The van der Waals surface area contributed by atoms with Crippen LogP contribution in [-0.2, 0) is 11.3 Å². The fourth-order valence-electron chi connectivity index (χ4n) is 3.35. The molecule has 0 aliphatic heterocycles. The second-order valence-corrected chi connectivity index (χ2v) is 8.07. The maximum Gasteiger partial charge on any atom is 0.408 e. The first-order valence-electron chi connectivity index (χ1n) is 10.0. The van der Waals surface area contributed by atoms with Crippen LogP contribution in [0.25, 0.3) is 16.6 Å². The number of carbonyl (C=O) groups excluding carboxylic acids is 1. The zero-order valence-corrected chi connectivity index (χ0v) is 17.8. The Morgan fingerprint density at radius 3 is 2.47 bits per heavy atom. The lowest BCUT2D eigenvalue weighted by Crippen LogP contribution is -2.38. The molecule has 0 saturated carbocycles. The van der Waals surface area contributed by atoms with E-state index in [-0.39, 0.29) is 12.1 Å². The Balaban J connectivity index is 2.22. The van der Waals surface area contributed by atoms with Gasteiger partial charge in [-0.15, -0.1) is 0 Å². The van der Waals surface area contributed by atoms with Crippen molar-refractivity contribution < 1.29 is 9.53 Å². The van der Waals surface area contributed by atoms with Crippen LogP contribution in [0.2, 0.25) is 0 Å². The zero-order chi connectivity index (χ0) is 21.9. The van der Waals surface area contributed by atoms with Gasteiger partial charge in [-0.25, -0.2) is 9.78 Å². The minimum atomic E-state index is -0.631. The molecule has 1 atom stereocenters. The maximum atomic E-state index is 13.6. The van der Waals surface area contributed by atoms with Crippen molar-refractivity contribution in [2.45, 2.75) is 52.3 Å². The first kappa shape index (κ1) is 21.5. The van der Waals surface area contributed by atoms with E-state index in [4.69, 9.17) is 15.5 Å². The van der Waals surface area contributed by atoms with Crippen molar-refractivity contribution in [2.24, 2.45) is 5.73 Å². The summed E-state index contributed by atoms with van der Waals surface area (Å²) in [5.74, 6) is 0.446. The number of rotatable bonds is 5. The quantitative estimate of drug-likeness (QED) is 0.669. The highest BCUT2D eigenvalue weighted by molar-refractivity contribution is 5.82. The molecule has 1 aromatic heterocycles. The van der Waals surface area contributed by atoms with Crippen LogP contribution in [0.15, 0.2) is 53.3 Å². The highest BCUT2D eigenvalue weighted by Gasteiger charge is 2.25. The summed E-state index contributed by atoms with van der Waals surface area (Å²) in [5, 5.41) is 3.35. The van der Waals surface area contributed by atoms with Crippen molar-refractivity contribution in [1.29, 1.82) is 0 Å². The van der Waals surface area contributed by atoms with Crippen molar-refractivity contribution in [2.75, 3.05) is 0 Å². The van der Waals surface area contributed by atoms with Gasteiger partial charge >= 0.3 is 6.09 Å². The SMILES string of the molecule is CC[C@H](NC(=O)OC(C)(C)C)c1nc2cccc(CN)c2c(=O)n1-c1ccccc1. The molecule has 0 bridgehead atoms. The Morgan fingerprint density at radius 1 is 1.17 bits per heavy atom. The molecule has 0 aliphatic rings. The van der Waals surface area contributed by atoms with E-state index in [1.807, 2.05) is 49.4 Å². The number of aromatic nitrogens is 2. The van der Waals surface area contributed by atoms with E-state index < -0.39 is 17.7 Å². The Labute approximate surface area is 175 Å². The number of amides is 1. The summed E-state index contributed by atoms with van der Waals surface area (Å²) in [5.41, 5.74) is 6.98. The Morgan fingerprint density at radius 2 is 1.87 bits per heavy atom. The van der Waals surface area contributed by atoms with E-state index in [9.17, 15) is 9.59 Å². The molecule has 7 nitrogen and oxygen atoms in total. The summed E-state index contributed by atoms with van der Waals surface area (Å²) in [7, 11) is 0. The lowest BCUT2D eigenvalue weighted by atomic mass is 10.1. The second-order valence-electron chi connectivity index (χ2n) is 8.07. The molecule has 0 unspecified atom stereocenters. The lowest BCUT2D eigenvalue weighted by molar-refractivity contribution is 0.0499. The smallest absolute Gasteiger partial charge is 0.408 e.